The first kappa shape index (κ1) is 11.8. The van der Waals surface area contributed by atoms with Gasteiger partial charge in [-0.3, -0.25) is 4.79 Å². The van der Waals surface area contributed by atoms with E-state index in [1.807, 2.05) is 0 Å². The van der Waals surface area contributed by atoms with Crippen LogP contribution in [0.3, 0.4) is 0 Å². The minimum Gasteiger partial charge on any atom is -0.378 e. The Hall–Kier alpha value is -0.280. The number of hydrogen-bond donors (Lipinski definition) is 1. The smallest absolute Gasteiger partial charge is 0.220 e. The van der Waals surface area contributed by atoms with Crippen LogP contribution in [0.15, 0.2) is 0 Å². The minimum atomic E-state index is 0.101. The summed E-state index contributed by atoms with van der Waals surface area (Å²) in [5.74, 6) is 0.655. The van der Waals surface area contributed by atoms with Crippen molar-refractivity contribution in [1.82, 2.24) is 5.32 Å². The average molecular weight is 220 g/mol. The molecule has 4 heteroatoms. The normalized spacial score (nSPS) is 21.1. The molecule has 1 fully saturated rings. The van der Waals surface area contributed by atoms with Crippen LogP contribution in [-0.4, -0.2) is 31.0 Å². The van der Waals surface area contributed by atoms with Gasteiger partial charge in [0.1, 0.15) is 0 Å². The molecule has 0 aliphatic carbocycles. The Kier molecular flexibility index (Phi) is 5.96. The summed E-state index contributed by atoms with van der Waals surface area (Å²) in [6, 6.07) is 0. The molecule has 1 atom stereocenters. The number of carbonyl (C=O) groups excluding carboxylic acids is 1. The second-order valence-electron chi connectivity index (χ2n) is 3.57. The van der Waals surface area contributed by atoms with Crippen LogP contribution in [0.5, 0.6) is 0 Å². The Morgan fingerprint density at radius 3 is 3.07 bits per heavy atom. The molecule has 0 aromatic rings. The maximum absolute atomic E-state index is 11.2. The second kappa shape index (κ2) is 7.07. The lowest BCUT2D eigenvalue weighted by molar-refractivity contribution is -0.121. The van der Waals surface area contributed by atoms with Crippen LogP contribution < -0.4 is 5.32 Å². The summed E-state index contributed by atoms with van der Waals surface area (Å²) >= 11 is 5.48. The van der Waals surface area contributed by atoms with E-state index in [9.17, 15) is 4.79 Å². The Morgan fingerprint density at radius 1 is 1.57 bits per heavy atom. The summed E-state index contributed by atoms with van der Waals surface area (Å²) in [6.45, 7) is 1.61. The van der Waals surface area contributed by atoms with Crippen molar-refractivity contribution in [2.75, 3.05) is 19.0 Å². The van der Waals surface area contributed by atoms with Gasteiger partial charge in [-0.2, -0.15) is 0 Å². The van der Waals surface area contributed by atoms with E-state index in [1.165, 1.54) is 0 Å². The number of rotatable bonds is 6. The van der Waals surface area contributed by atoms with E-state index in [0.717, 1.165) is 38.8 Å². The number of hydrogen-bond acceptors (Lipinski definition) is 2. The molecule has 0 saturated carbocycles. The molecule has 1 rings (SSSR count). The van der Waals surface area contributed by atoms with E-state index in [4.69, 9.17) is 16.3 Å². The number of alkyl halides is 1. The fourth-order valence-electron chi connectivity index (χ4n) is 1.56. The van der Waals surface area contributed by atoms with Gasteiger partial charge in [-0.15, -0.1) is 11.6 Å². The molecular weight excluding hydrogens is 202 g/mol. The molecule has 1 amide bonds. The van der Waals surface area contributed by atoms with E-state index in [-0.39, 0.29) is 5.91 Å². The Bertz CT molecular complexity index is 170. The molecule has 14 heavy (non-hydrogen) atoms. The van der Waals surface area contributed by atoms with Gasteiger partial charge < -0.3 is 10.1 Å². The molecule has 1 saturated heterocycles. The molecule has 0 bridgehead atoms. The van der Waals surface area contributed by atoms with Crippen molar-refractivity contribution in [3.05, 3.63) is 0 Å². The van der Waals surface area contributed by atoms with Gasteiger partial charge in [0.25, 0.3) is 0 Å². The van der Waals surface area contributed by atoms with E-state index in [1.54, 1.807) is 0 Å². The zero-order valence-corrected chi connectivity index (χ0v) is 9.18. The van der Waals surface area contributed by atoms with Crippen molar-refractivity contribution in [3.8, 4) is 0 Å². The van der Waals surface area contributed by atoms with Crippen LogP contribution in [-0.2, 0) is 9.53 Å². The van der Waals surface area contributed by atoms with Gasteiger partial charge in [-0.1, -0.05) is 0 Å². The van der Waals surface area contributed by atoms with E-state index < -0.39 is 0 Å². The van der Waals surface area contributed by atoms with Gasteiger partial charge in [-0.05, 0) is 25.7 Å². The molecule has 1 N–H and O–H groups in total. The molecule has 1 aliphatic heterocycles. The zero-order valence-electron chi connectivity index (χ0n) is 8.43. The fourth-order valence-corrected chi connectivity index (χ4v) is 1.69. The second-order valence-corrected chi connectivity index (χ2v) is 3.94. The summed E-state index contributed by atoms with van der Waals surface area (Å²) in [5, 5.41) is 2.87. The Morgan fingerprint density at radius 2 is 2.43 bits per heavy atom. The van der Waals surface area contributed by atoms with Gasteiger partial charge in [0, 0.05) is 25.5 Å². The van der Waals surface area contributed by atoms with Gasteiger partial charge in [0.15, 0.2) is 0 Å². The maximum atomic E-state index is 11.2. The Labute approximate surface area is 90.1 Å². The summed E-state index contributed by atoms with van der Waals surface area (Å²) in [5.41, 5.74) is 0. The molecule has 0 aromatic carbocycles. The molecule has 82 valence electrons. The van der Waals surface area contributed by atoms with E-state index in [0.29, 0.717) is 18.4 Å². The number of halogens is 1. The highest BCUT2D eigenvalue weighted by Gasteiger charge is 2.14. The zero-order chi connectivity index (χ0) is 10.2. The quantitative estimate of drug-likeness (QED) is 0.691. The predicted molar refractivity (Wildman–Crippen MR) is 56.6 cm³/mol. The molecule has 3 nitrogen and oxygen atoms in total. The summed E-state index contributed by atoms with van der Waals surface area (Å²) in [4.78, 5) is 11.2. The minimum absolute atomic E-state index is 0.101. The van der Waals surface area contributed by atoms with Gasteiger partial charge >= 0.3 is 0 Å². The molecule has 0 radical (unpaired) electrons. The van der Waals surface area contributed by atoms with Crippen LogP contribution >= 0.6 is 11.6 Å². The van der Waals surface area contributed by atoms with Crippen LogP contribution in [0.1, 0.15) is 32.1 Å². The highest BCUT2D eigenvalue weighted by atomic mass is 35.5. The molecule has 0 aromatic heterocycles. The summed E-state index contributed by atoms with van der Waals surface area (Å²) in [6.07, 6.45) is 4.89. The van der Waals surface area contributed by atoms with Crippen molar-refractivity contribution in [2.45, 2.75) is 38.2 Å². The largest absolute Gasteiger partial charge is 0.378 e. The topological polar surface area (TPSA) is 38.3 Å². The monoisotopic (exact) mass is 219 g/mol. The highest BCUT2D eigenvalue weighted by molar-refractivity contribution is 6.17. The van der Waals surface area contributed by atoms with E-state index in [2.05, 4.69) is 5.32 Å². The molecular formula is C10H18ClNO2. The van der Waals surface area contributed by atoms with E-state index >= 15 is 0 Å². The lowest BCUT2D eigenvalue weighted by atomic mass is 10.2. The van der Waals surface area contributed by atoms with Crippen molar-refractivity contribution in [3.63, 3.8) is 0 Å². The highest BCUT2D eigenvalue weighted by Crippen LogP contribution is 2.14. The van der Waals surface area contributed by atoms with Crippen molar-refractivity contribution in [2.24, 2.45) is 0 Å². The van der Waals surface area contributed by atoms with Crippen LogP contribution in [0.2, 0.25) is 0 Å². The number of carbonyl (C=O) groups is 1. The van der Waals surface area contributed by atoms with Crippen LogP contribution in [0, 0.1) is 0 Å². The van der Waals surface area contributed by atoms with Crippen molar-refractivity contribution < 1.29 is 9.53 Å². The number of amides is 1. The van der Waals surface area contributed by atoms with Crippen LogP contribution in [0.25, 0.3) is 0 Å². The van der Waals surface area contributed by atoms with Crippen LogP contribution in [0.4, 0.5) is 0 Å². The average Bonchev–Trinajstić information content (AvgIpc) is 2.67. The first-order valence-corrected chi connectivity index (χ1v) is 5.80. The number of nitrogens with one attached hydrogen (secondary N) is 1. The SMILES string of the molecule is O=C(CCCCl)NCCC1CCCO1. The lowest BCUT2D eigenvalue weighted by Crippen LogP contribution is -2.26. The Balaban J connectivity index is 1.94. The van der Waals surface area contributed by atoms with Crippen molar-refractivity contribution in [1.29, 1.82) is 0 Å². The third-order valence-electron chi connectivity index (χ3n) is 2.35. The first-order valence-electron chi connectivity index (χ1n) is 5.27. The molecule has 1 aliphatic rings. The third kappa shape index (κ3) is 4.82. The molecule has 1 heterocycles. The standard InChI is InChI=1S/C10H18ClNO2/c11-6-1-4-10(13)12-7-5-9-3-2-8-14-9/h9H,1-8H2,(H,12,13). The van der Waals surface area contributed by atoms with Crippen molar-refractivity contribution >= 4 is 17.5 Å². The predicted octanol–water partition coefficient (Wildman–Crippen LogP) is 1.69. The van der Waals surface area contributed by atoms with Gasteiger partial charge in [-0.25, -0.2) is 0 Å². The fraction of sp³-hybridized carbons (Fsp3) is 0.900. The van der Waals surface area contributed by atoms with Gasteiger partial charge in [0.2, 0.25) is 5.91 Å². The number of ether oxygens (including phenoxy) is 1. The van der Waals surface area contributed by atoms with Gasteiger partial charge in [0.05, 0.1) is 6.10 Å². The molecule has 0 spiro atoms. The summed E-state index contributed by atoms with van der Waals surface area (Å²) in [7, 11) is 0. The maximum Gasteiger partial charge on any atom is 0.220 e. The molecule has 1 unspecified atom stereocenters. The third-order valence-corrected chi connectivity index (χ3v) is 2.62. The lowest BCUT2D eigenvalue weighted by Gasteiger charge is -2.09. The summed E-state index contributed by atoms with van der Waals surface area (Å²) < 4.78 is 5.44. The first-order chi connectivity index (χ1) is 6.83.